The van der Waals surface area contributed by atoms with Crippen LogP contribution in [0.2, 0.25) is 0 Å². The van der Waals surface area contributed by atoms with Crippen LogP contribution in [0.5, 0.6) is 0 Å². The molecular weight excluding hydrogens is 264 g/mol. The first kappa shape index (κ1) is 14.3. The van der Waals surface area contributed by atoms with Gasteiger partial charge in [0.15, 0.2) is 0 Å². The van der Waals surface area contributed by atoms with E-state index in [1.807, 2.05) is 4.90 Å². The molecule has 1 aromatic rings. The van der Waals surface area contributed by atoms with Crippen LogP contribution < -0.4 is 4.90 Å². The molecule has 0 aromatic heterocycles. The van der Waals surface area contributed by atoms with Gasteiger partial charge in [0, 0.05) is 31.5 Å². The number of hydrogen-bond acceptors (Lipinski definition) is 5. The number of nitro benzene ring substituents is 1. The summed E-state index contributed by atoms with van der Waals surface area (Å²) in [4.78, 5) is 23.6. The molecule has 0 bridgehead atoms. The number of carboxylic acid groups (broad SMARTS) is 1. The van der Waals surface area contributed by atoms with E-state index < -0.39 is 10.9 Å². The van der Waals surface area contributed by atoms with E-state index in [0.717, 1.165) is 12.5 Å². The largest absolute Gasteiger partial charge is 0.478 e. The molecule has 1 N–H and O–H groups in total. The SMILES string of the molecule is Cc1c(N2CCCOCC2)cc(C(=O)O)cc1[N+](=O)[O-]. The van der Waals surface area contributed by atoms with Gasteiger partial charge in [-0.3, -0.25) is 10.1 Å². The fourth-order valence-corrected chi connectivity index (χ4v) is 2.31. The van der Waals surface area contributed by atoms with Gasteiger partial charge < -0.3 is 14.7 Å². The lowest BCUT2D eigenvalue weighted by atomic mass is 10.1. The van der Waals surface area contributed by atoms with E-state index in [-0.39, 0.29) is 11.3 Å². The lowest BCUT2D eigenvalue weighted by Crippen LogP contribution is -2.27. The number of aromatic carboxylic acids is 1. The lowest BCUT2D eigenvalue weighted by molar-refractivity contribution is -0.385. The number of nitro groups is 1. The summed E-state index contributed by atoms with van der Waals surface area (Å²) < 4.78 is 5.35. The minimum atomic E-state index is -1.17. The van der Waals surface area contributed by atoms with Crippen LogP contribution in [0.4, 0.5) is 11.4 Å². The topological polar surface area (TPSA) is 92.9 Å². The number of rotatable bonds is 3. The summed E-state index contributed by atoms with van der Waals surface area (Å²) in [6, 6.07) is 2.60. The van der Waals surface area contributed by atoms with E-state index in [2.05, 4.69) is 0 Å². The highest BCUT2D eigenvalue weighted by Crippen LogP contribution is 2.31. The van der Waals surface area contributed by atoms with Gasteiger partial charge in [-0.15, -0.1) is 0 Å². The molecule has 1 saturated heterocycles. The van der Waals surface area contributed by atoms with Crippen molar-refractivity contribution in [2.75, 3.05) is 31.2 Å². The number of nitrogens with zero attached hydrogens (tertiary/aromatic N) is 2. The minimum Gasteiger partial charge on any atom is -0.478 e. The molecule has 1 aliphatic heterocycles. The van der Waals surface area contributed by atoms with E-state index in [9.17, 15) is 14.9 Å². The molecule has 1 aromatic carbocycles. The first-order valence-electron chi connectivity index (χ1n) is 6.35. The first-order chi connectivity index (χ1) is 9.50. The zero-order valence-corrected chi connectivity index (χ0v) is 11.2. The van der Waals surface area contributed by atoms with Crippen LogP contribution in [0.15, 0.2) is 12.1 Å². The molecule has 7 heteroatoms. The molecule has 0 spiro atoms. The molecule has 1 heterocycles. The number of carboxylic acids is 1. The Bertz CT molecular complexity index is 536. The average molecular weight is 280 g/mol. The number of anilines is 1. The molecule has 7 nitrogen and oxygen atoms in total. The maximum atomic E-state index is 11.1. The van der Waals surface area contributed by atoms with Gasteiger partial charge in [0.05, 0.1) is 22.7 Å². The highest BCUT2D eigenvalue weighted by Gasteiger charge is 2.22. The van der Waals surface area contributed by atoms with Crippen LogP contribution in [-0.4, -0.2) is 42.3 Å². The second-order valence-electron chi connectivity index (χ2n) is 4.65. The third-order valence-corrected chi connectivity index (χ3v) is 3.36. The Balaban J connectivity index is 2.49. The van der Waals surface area contributed by atoms with E-state index in [4.69, 9.17) is 9.84 Å². The van der Waals surface area contributed by atoms with Crippen LogP contribution in [-0.2, 0) is 4.74 Å². The van der Waals surface area contributed by atoms with Crippen LogP contribution in [0.3, 0.4) is 0 Å². The summed E-state index contributed by atoms with van der Waals surface area (Å²) in [5, 5.41) is 20.2. The second kappa shape index (κ2) is 5.87. The van der Waals surface area contributed by atoms with Crippen molar-refractivity contribution in [3.05, 3.63) is 33.4 Å². The molecule has 1 fully saturated rings. The molecule has 20 heavy (non-hydrogen) atoms. The maximum absolute atomic E-state index is 11.1. The monoisotopic (exact) mass is 280 g/mol. The zero-order chi connectivity index (χ0) is 14.7. The number of ether oxygens (including phenoxy) is 1. The number of hydrogen-bond donors (Lipinski definition) is 1. The first-order valence-corrected chi connectivity index (χ1v) is 6.35. The molecule has 0 amide bonds. The zero-order valence-electron chi connectivity index (χ0n) is 11.2. The predicted molar refractivity (Wildman–Crippen MR) is 72.4 cm³/mol. The normalized spacial score (nSPS) is 15.8. The van der Waals surface area contributed by atoms with Gasteiger partial charge >= 0.3 is 5.97 Å². The lowest BCUT2D eigenvalue weighted by Gasteiger charge is -2.24. The molecule has 108 valence electrons. The fraction of sp³-hybridized carbons (Fsp3) is 0.462. The van der Waals surface area contributed by atoms with Crippen LogP contribution in [0, 0.1) is 17.0 Å². The molecule has 0 aliphatic carbocycles. The Morgan fingerprint density at radius 2 is 2.15 bits per heavy atom. The Hall–Kier alpha value is -2.15. The van der Waals surface area contributed by atoms with Crippen molar-refractivity contribution in [1.82, 2.24) is 0 Å². The van der Waals surface area contributed by atoms with E-state index in [1.54, 1.807) is 6.92 Å². The molecule has 0 saturated carbocycles. The highest BCUT2D eigenvalue weighted by atomic mass is 16.6. The second-order valence-corrected chi connectivity index (χ2v) is 4.65. The third kappa shape index (κ3) is 2.88. The van der Waals surface area contributed by atoms with Crippen LogP contribution in [0.1, 0.15) is 22.3 Å². The Morgan fingerprint density at radius 3 is 2.80 bits per heavy atom. The van der Waals surface area contributed by atoms with Crippen LogP contribution >= 0.6 is 0 Å². The van der Waals surface area contributed by atoms with Crippen molar-refractivity contribution < 1.29 is 19.6 Å². The summed E-state index contributed by atoms with van der Waals surface area (Å²) in [7, 11) is 0. The quantitative estimate of drug-likeness (QED) is 0.670. The molecule has 0 radical (unpaired) electrons. The Labute approximate surface area is 115 Å². The Morgan fingerprint density at radius 1 is 1.40 bits per heavy atom. The van der Waals surface area contributed by atoms with Gasteiger partial charge in [0.1, 0.15) is 0 Å². The summed E-state index contributed by atoms with van der Waals surface area (Å²) >= 11 is 0. The fourth-order valence-electron chi connectivity index (χ4n) is 2.31. The third-order valence-electron chi connectivity index (χ3n) is 3.36. The average Bonchev–Trinajstić information content (AvgIpc) is 2.67. The number of benzene rings is 1. The van der Waals surface area contributed by atoms with Crippen LogP contribution in [0.25, 0.3) is 0 Å². The van der Waals surface area contributed by atoms with Crippen molar-refractivity contribution in [2.45, 2.75) is 13.3 Å². The molecule has 2 rings (SSSR count). The number of carbonyl (C=O) groups is 1. The van der Waals surface area contributed by atoms with Gasteiger partial charge in [-0.25, -0.2) is 4.79 Å². The minimum absolute atomic E-state index is 0.0672. The van der Waals surface area contributed by atoms with Gasteiger partial charge in [0.25, 0.3) is 5.69 Å². The molecule has 0 atom stereocenters. The van der Waals surface area contributed by atoms with Gasteiger partial charge in [-0.2, -0.15) is 0 Å². The van der Waals surface area contributed by atoms with Crippen molar-refractivity contribution in [3.8, 4) is 0 Å². The van der Waals surface area contributed by atoms with Crippen molar-refractivity contribution in [3.63, 3.8) is 0 Å². The smallest absolute Gasteiger partial charge is 0.336 e. The Kier molecular flexibility index (Phi) is 4.19. The molecule has 1 aliphatic rings. The van der Waals surface area contributed by atoms with Crippen molar-refractivity contribution >= 4 is 17.3 Å². The predicted octanol–water partition coefficient (Wildman–Crippen LogP) is 1.83. The summed E-state index contributed by atoms with van der Waals surface area (Å²) in [5.41, 5.74) is 0.858. The summed E-state index contributed by atoms with van der Waals surface area (Å²) in [6.07, 6.45) is 0.810. The van der Waals surface area contributed by atoms with Crippen molar-refractivity contribution in [1.29, 1.82) is 0 Å². The maximum Gasteiger partial charge on any atom is 0.336 e. The van der Waals surface area contributed by atoms with E-state index >= 15 is 0 Å². The van der Waals surface area contributed by atoms with E-state index in [0.29, 0.717) is 37.6 Å². The highest BCUT2D eigenvalue weighted by molar-refractivity contribution is 5.90. The standard InChI is InChI=1S/C13H16N2O5/c1-9-11(14-3-2-5-20-6-4-14)7-10(13(16)17)8-12(9)15(18)19/h7-8H,2-6H2,1H3,(H,16,17). The van der Waals surface area contributed by atoms with E-state index in [1.165, 1.54) is 6.07 Å². The van der Waals surface area contributed by atoms with Gasteiger partial charge in [-0.1, -0.05) is 0 Å². The van der Waals surface area contributed by atoms with Crippen molar-refractivity contribution in [2.24, 2.45) is 0 Å². The summed E-state index contributed by atoms with van der Waals surface area (Å²) in [5.74, 6) is -1.17. The van der Waals surface area contributed by atoms with Gasteiger partial charge in [-0.05, 0) is 19.4 Å². The molecule has 0 unspecified atom stereocenters. The summed E-state index contributed by atoms with van der Waals surface area (Å²) in [6.45, 7) is 4.12. The van der Waals surface area contributed by atoms with Gasteiger partial charge in [0.2, 0.25) is 0 Å². The molecular formula is C13H16N2O5.